The minimum Gasteiger partial charge on any atom is -0.382 e. The second-order valence-electron chi connectivity index (χ2n) is 10.3. The first kappa shape index (κ1) is 29.0. The van der Waals surface area contributed by atoms with Crippen LogP contribution in [0.4, 0.5) is 14.5 Å². The number of nitrogens with zero attached hydrogens (tertiary/aromatic N) is 8. The summed E-state index contributed by atoms with van der Waals surface area (Å²) >= 11 is 1.45. The van der Waals surface area contributed by atoms with Gasteiger partial charge in [0.25, 0.3) is 0 Å². The molecule has 0 saturated carbocycles. The lowest BCUT2D eigenvalue weighted by Gasteiger charge is -2.40. The molecule has 3 atom stereocenters. The van der Waals surface area contributed by atoms with Gasteiger partial charge in [-0.05, 0) is 50.6 Å². The van der Waals surface area contributed by atoms with Crippen molar-refractivity contribution in [2.75, 3.05) is 31.1 Å². The van der Waals surface area contributed by atoms with Crippen molar-refractivity contribution in [1.29, 1.82) is 0 Å². The van der Waals surface area contributed by atoms with Gasteiger partial charge in [-0.2, -0.15) is 10.2 Å². The van der Waals surface area contributed by atoms with Crippen LogP contribution in [0, 0.1) is 11.6 Å². The minimum atomic E-state index is -1.66. The van der Waals surface area contributed by atoms with Crippen LogP contribution in [0.25, 0.3) is 5.69 Å². The smallest absolute Gasteiger partial charge is 0.350 e. The summed E-state index contributed by atoms with van der Waals surface area (Å²) in [6.45, 7) is 8.71. The van der Waals surface area contributed by atoms with Crippen molar-refractivity contribution in [3.05, 3.63) is 89.1 Å². The van der Waals surface area contributed by atoms with E-state index in [1.807, 2.05) is 45.0 Å². The van der Waals surface area contributed by atoms with Gasteiger partial charge in [0.15, 0.2) is 0 Å². The number of anilines is 1. The quantitative estimate of drug-likeness (QED) is 0.283. The molecule has 10 nitrogen and oxygen atoms in total. The van der Waals surface area contributed by atoms with Gasteiger partial charge in [0.1, 0.15) is 36.2 Å². The summed E-state index contributed by atoms with van der Waals surface area (Å²) < 4.78 is 35.2. The zero-order chi connectivity index (χ0) is 29.1. The number of aliphatic hydroxyl groups is 1. The van der Waals surface area contributed by atoms with E-state index in [1.54, 1.807) is 10.9 Å². The summed E-state index contributed by atoms with van der Waals surface area (Å²) in [7, 11) is 0. The Morgan fingerprint density at radius 2 is 1.71 bits per heavy atom. The van der Waals surface area contributed by atoms with Crippen molar-refractivity contribution >= 4 is 17.6 Å². The average molecular weight is 585 g/mol. The molecule has 3 heterocycles. The van der Waals surface area contributed by atoms with E-state index in [4.69, 9.17) is 0 Å². The fourth-order valence-corrected chi connectivity index (χ4v) is 6.19. The first-order chi connectivity index (χ1) is 19.7. The molecule has 218 valence electrons. The van der Waals surface area contributed by atoms with E-state index in [9.17, 15) is 18.7 Å². The molecule has 0 aliphatic carbocycles. The van der Waals surface area contributed by atoms with E-state index in [0.29, 0.717) is 13.1 Å². The summed E-state index contributed by atoms with van der Waals surface area (Å²) in [6, 6.07) is 11.1. The lowest BCUT2D eigenvalue weighted by atomic mass is 9.90. The second-order valence-corrected chi connectivity index (χ2v) is 11.7. The molecular weight excluding hydrogens is 550 g/mol. The van der Waals surface area contributed by atoms with Gasteiger partial charge in [-0.15, -0.1) is 0 Å². The molecular formula is C28H34F2N8O2S. The molecule has 41 heavy (non-hydrogen) atoms. The Balaban J connectivity index is 1.24. The fourth-order valence-electron chi connectivity index (χ4n) is 4.99. The van der Waals surface area contributed by atoms with E-state index in [0.717, 1.165) is 43.0 Å². The molecule has 5 rings (SSSR count). The molecule has 4 aromatic rings. The zero-order valence-electron chi connectivity index (χ0n) is 23.3. The molecule has 2 aromatic heterocycles. The van der Waals surface area contributed by atoms with Gasteiger partial charge in [0, 0.05) is 43.5 Å². The Morgan fingerprint density at radius 1 is 1.00 bits per heavy atom. The van der Waals surface area contributed by atoms with Crippen LogP contribution < -0.4 is 10.6 Å². The Kier molecular flexibility index (Phi) is 8.57. The van der Waals surface area contributed by atoms with Gasteiger partial charge in [0.2, 0.25) is 0 Å². The van der Waals surface area contributed by atoms with Crippen LogP contribution in [0.5, 0.6) is 0 Å². The van der Waals surface area contributed by atoms with Gasteiger partial charge in [-0.1, -0.05) is 24.9 Å². The molecule has 1 aliphatic heterocycles. The van der Waals surface area contributed by atoms with Crippen LogP contribution in [0.1, 0.15) is 38.8 Å². The molecule has 13 heteroatoms. The number of halogens is 2. The van der Waals surface area contributed by atoms with Crippen LogP contribution in [0.15, 0.2) is 66.2 Å². The largest absolute Gasteiger partial charge is 0.382 e. The Bertz CT molecular complexity index is 1500. The predicted molar refractivity (Wildman–Crippen MR) is 154 cm³/mol. The zero-order valence-corrected chi connectivity index (χ0v) is 24.1. The topological polar surface area (TPSA) is 97.2 Å². The highest BCUT2D eigenvalue weighted by molar-refractivity contribution is 7.97. The summed E-state index contributed by atoms with van der Waals surface area (Å²) in [5.41, 5.74) is 0.00295. The van der Waals surface area contributed by atoms with Gasteiger partial charge >= 0.3 is 5.69 Å². The number of piperazine rings is 1. The second kappa shape index (κ2) is 12.1. The first-order valence-corrected chi connectivity index (χ1v) is 14.5. The van der Waals surface area contributed by atoms with E-state index >= 15 is 0 Å². The van der Waals surface area contributed by atoms with E-state index in [2.05, 4.69) is 24.4 Å². The monoisotopic (exact) mass is 584 g/mol. The third-order valence-electron chi connectivity index (χ3n) is 7.68. The molecule has 0 radical (unpaired) electrons. The summed E-state index contributed by atoms with van der Waals surface area (Å²) in [4.78, 5) is 18.9. The van der Waals surface area contributed by atoms with Crippen molar-refractivity contribution in [3.63, 3.8) is 0 Å². The molecule has 1 aliphatic rings. The van der Waals surface area contributed by atoms with Crippen LogP contribution in [0.2, 0.25) is 0 Å². The molecule has 1 unspecified atom stereocenters. The van der Waals surface area contributed by atoms with Crippen LogP contribution in [0.3, 0.4) is 0 Å². The van der Waals surface area contributed by atoms with E-state index in [1.165, 1.54) is 40.0 Å². The molecule has 0 spiro atoms. The SMILES string of the molecule is CCC(C)n1ncn(-c2ccc(N3CCN(S[C@H](C)[C@](O)(Cn4cncn4)c4ccc(F)cc4F)CC3)cc2)c1=O. The number of hydrogen-bond donors (Lipinski definition) is 1. The molecule has 0 amide bonds. The maximum atomic E-state index is 14.9. The van der Waals surface area contributed by atoms with Crippen molar-refractivity contribution in [2.24, 2.45) is 0 Å². The third kappa shape index (κ3) is 6.07. The molecule has 1 saturated heterocycles. The highest BCUT2D eigenvalue weighted by atomic mass is 32.2. The Hall–Kier alpha value is -3.55. The highest BCUT2D eigenvalue weighted by Crippen LogP contribution is 2.38. The summed E-state index contributed by atoms with van der Waals surface area (Å²) in [5, 5.41) is 19.7. The average Bonchev–Trinajstić information content (AvgIpc) is 3.62. The van der Waals surface area contributed by atoms with Crippen LogP contribution in [-0.4, -0.2) is 70.0 Å². The molecule has 0 bridgehead atoms. The molecule has 2 aromatic carbocycles. The normalized spacial score (nSPS) is 17.4. The van der Waals surface area contributed by atoms with Crippen molar-refractivity contribution in [2.45, 2.75) is 50.6 Å². The first-order valence-electron chi connectivity index (χ1n) is 13.6. The number of rotatable bonds is 10. The van der Waals surface area contributed by atoms with Gasteiger partial charge in [-0.3, -0.25) is 0 Å². The van der Waals surface area contributed by atoms with Crippen LogP contribution in [-0.2, 0) is 12.1 Å². The van der Waals surface area contributed by atoms with Crippen molar-refractivity contribution in [3.8, 4) is 5.69 Å². The third-order valence-corrected chi connectivity index (χ3v) is 9.05. The number of benzene rings is 2. The Morgan fingerprint density at radius 3 is 2.34 bits per heavy atom. The minimum absolute atomic E-state index is 0.0157. The van der Waals surface area contributed by atoms with Gasteiger partial charge in [0.05, 0.1) is 23.5 Å². The number of hydrogen-bond acceptors (Lipinski definition) is 8. The van der Waals surface area contributed by atoms with Crippen molar-refractivity contribution < 1.29 is 13.9 Å². The van der Waals surface area contributed by atoms with Crippen LogP contribution >= 0.6 is 11.9 Å². The van der Waals surface area contributed by atoms with Gasteiger partial charge < -0.3 is 10.0 Å². The Labute approximate surface area is 241 Å². The maximum Gasteiger partial charge on any atom is 0.350 e. The summed E-state index contributed by atoms with van der Waals surface area (Å²) in [6.07, 6.45) is 5.19. The molecule has 1 fully saturated rings. The fraction of sp³-hybridized carbons (Fsp3) is 0.429. The van der Waals surface area contributed by atoms with E-state index < -0.39 is 22.5 Å². The highest BCUT2D eigenvalue weighted by Gasteiger charge is 2.41. The van der Waals surface area contributed by atoms with Gasteiger partial charge in [-0.25, -0.2) is 36.8 Å². The lowest BCUT2D eigenvalue weighted by molar-refractivity contribution is 0.0125. The van der Waals surface area contributed by atoms with E-state index in [-0.39, 0.29) is 23.8 Å². The predicted octanol–water partition coefficient (Wildman–Crippen LogP) is 3.62. The summed E-state index contributed by atoms with van der Waals surface area (Å²) in [5.74, 6) is -1.50. The molecule has 1 N–H and O–H groups in total. The standard InChI is InChI=1S/C28H34F2N8O2S/c1-4-20(2)38-27(39)37(19-33-38)24-8-6-23(7-9-24)34-11-13-36(14-12-34)41-21(3)28(40,16-35-18-31-17-32-35)25-10-5-22(29)15-26(25)30/h5-10,15,17-21,40H,4,11-14,16H2,1-3H3/t20?,21-,28-/m1/s1. The lowest BCUT2D eigenvalue weighted by Crippen LogP contribution is -2.47. The maximum absolute atomic E-state index is 14.9. The number of aromatic nitrogens is 6. The van der Waals surface area contributed by atoms with Crippen molar-refractivity contribution in [1.82, 2.24) is 33.4 Å².